The fourth-order valence-corrected chi connectivity index (χ4v) is 7.32. The maximum Gasteiger partial charge on any atom is 0.165 e. The third kappa shape index (κ3) is 9.35. The normalized spacial score (nSPS) is 17.5. The molecule has 5 rings (SSSR count). The first kappa shape index (κ1) is 34.4. The molecular weight excluding hydrogens is 607 g/mol. The van der Waals surface area contributed by atoms with E-state index in [1.54, 1.807) is 0 Å². The van der Waals surface area contributed by atoms with Crippen LogP contribution in [0.4, 0.5) is 5.82 Å². The van der Waals surface area contributed by atoms with Crippen molar-refractivity contribution in [2.24, 2.45) is 0 Å². The van der Waals surface area contributed by atoms with Gasteiger partial charge in [0, 0.05) is 77.0 Å². The summed E-state index contributed by atoms with van der Waals surface area (Å²) in [5.41, 5.74) is 5.95. The van der Waals surface area contributed by atoms with E-state index < -0.39 is 16.1 Å². The molecule has 0 amide bonds. The van der Waals surface area contributed by atoms with Crippen LogP contribution in [0.25, 0.3) is 28.0 Å². The van der Waals surface area contributed by atoms with Gasteiger partial charge in [-0.3, -0.25) is 4.98 Å². The lowest BCUT2D eigenvalue weighted by Gasteiger charge is -2.29. The molecule has 4 aromatic rings. The maximum absolute atomic E-state index is 6.34. The molecule has 0 N–H and O–H groups in total. The number of ether oxygens (including phenoxy) is 3. The average Bonchev–Trinajstić information content (AvgIpc) is 3.47. The lowest BCUT2D eigenvalue weighted by Crippen LogP contribution is -2.33. The van der Waals surface area contributed by atoms with Crippen molar-refractivity contribution in [2.75, 3.05) is 38.7 Å². The number of nitrogens with zero attached hydrogens (tertiary/aromatic N) is 5. The van der Waals surface area contributed by atoms with Gasteiger partial charge in [-0.1, -0.05) is 75.7 Å². The van der Waals surface area contributed by atoms with Crippen molar-refractivity contribution < 1.29 is 14.2 Å². The van der Waals surface area contributed by atoms with Crippen LogP contribution >= 0.6 is 0 Å². The number of anilines is 1. The molecule has 0 spiro atoms. The molecular formula is C36H53N5O3Si2. The van der Waals surface area contributed by atoms with Crippen LogP contribution in [0.15, 0.2) is 60.9 Å². The zero-order valence-electron chi connectivity index (χ0n) is 29.0. The Balaban J connectivity index is 1.50. The molecule has 10 heteroatoms. The van der Waals surface area contributed by atoms with Gasteiger partial charge in [-0.2, -0.15) is 9.61 Å². The van der Waals surface area contributed by atoms with E-state index in [1.165, 1.54) is 0 Å². The fraction of sp³-hybridized carbons (Fsp3) is 0.528. The van der Waals surface area contributed by atoms with Gasteiger partial charge < -0.3 is 19.1 Å². The molecule has 0 radical (unpaired) electrons. The van der Waals surface area contributed by atoms with Gasteiger partial charge in [0.15, 0.2) is 5.65 Å². The van der Waals surface area contributed by atoms with E-state index >= 15 is 0 Å². The third-order valence-electron chi connectivity index (χ3n) is 8.85. The lowest BCUT2D eigenvalue weighted by atomic mass is 9.85. The molecule has 0 aliphatic heterocycles. The Hall–Kier alpha value is -2.90. The zero-order chi connectivity index (χ0) is 32.7. The van der Waals surface area contributed by atoms with Crippen molar-refractivity contribution in [2.45, 2.75) is 89.1 Å². The predicted octanol–water partition coefficient (Wildman–Crippen LogP) is 8.56. The zero-order valence-corrected chi connectivity index (χ0v) is 31.0. The van der Waals surface area contributed by atoms with Crippen LogP contribution in [0.3, 0.4) is 0 Å². The molecule has 8 nitrogen and oxygen atoms in total. The molecule has 1 aliphatic rings. The summed E-state index contributed by atoms with van der Waals surface area (Å²) >= 11 is 0. The highest BCUT2D eigenvalue weighted by atomic mass is 28.3. The summed E-state index contributed by atoms with van der Waals surface area (Å²) in [5.74, 6) is 1.31. The average molecular weight is 660 g/mol. The van der Waals surface area contributed by atoms with E-state index in [-0.39, 0.29) is 0 Å². The Kier molecular flexibility index (Phi) is 11.5. The minimum absolute atomic E-state index is 0.329. The van der Waals surface area contributed by atoms with E-state index in [0.29, 0.717) is 25.5 Å². The highest BCUT2D eigenvalue weighted by Crippen LogP contribution is 2.36. The van der Waals surface area contributed by atoms with Gasteiger partial charge in [-0.15, -0.1) is 0 Å². The van der Waals surface area contributed by atoms with E-state index in [4.69, 9.17) is 29.3 Å². The van der Waals surface area contributed by atoms with Gasteiger partial charge >= 0.3 is 0 Å². The lowest BCUT2D eigenvalue weighted by molar-refractivity contribution is 0.0655. The number of pyridine rings is 1. The standard InChI is InChI=1S/C36H53N5O3Si2/c1-42-31-16-13-29(14-17-31)34-23-35(40(26-43-19-21-45(2,3)4)27-44-20-22-46(5,6)7)41-36(39-34)32(25-38-41)30-15-18-33(37-24-30)28-11-9-8-10-12-28/h8-12,15,18,23-25,29,31H,13-14,16-17,19-22,26-27H2,1-7H3. The first-order chi connectivity index (χ1) is 22.0. The topological polar surface area (TPSA) is 74.0 Å². The molecule has 0 saturated heterocycles. The van der Waals surface area contributed by atoms with Crippen LogP contribution in [0, 0.1) is 0 Å². The van der Waals surface area contributed by atoms with Crippen LogP contribution in [0.2, 0.25) is 51.4 Å². The Morgan fingerprint density at radius 3 is 2.02 bits per heavy atom. The molecule has 0 bridgehead atoms. The number of methoxy groups -OCH3 is 1. The second-order valence-corrected chi connectivity index (χ2v) is 26.3. The summed E-state index contributed by atoms with van der Waals surface area (Å²) in [5, 5.41) is 4.91. The van der Waals surface area contributed by atoms with Crippen LogP contribution in [0.5, 0.6) is 0 Å². The summed E-state index contributed by atoms with van der Waals surface area (Å²) in [4.78, 5) is 12.3. The highest BCUT2D eigenvalue weighted by Gasteiger charge is 2.27. The molecule has 0 atom stereocenters. The van der Waals surface area contributed by atoms with Crippen LogP contribution in [-0.2, 0) is 14.2 Å². The van der Waals surface area contributed by atoms with Gasteiger partial charge in [0.1, 0.15) is 19.3 Å². The van der Waals surface area contributed by atoms with Crippen molar-refractivity contribution in [3.63, 3.8) is 0 Å². The van der Waals surface area contributed by atoms with Gasteiger partial charge in [-0.05, 0) is 43.8 Å². The Morgan fingerprint density at radius 2 is 1.46 bits per heavy atom. The smallest absolute Gasteiger partial charge is 0.165 e. The van der Waals surface area contributed by atoms with E-state index in [0.717, 1.165) is 90.5 Å². The van der Waals surface area contributed by atoms with Crippen LogP contribution in [-0.4, -0.2) is 75.6 Å². The molecule has 1 aromatic carbocycles. The van der Waals surface area contributed by atoms with Crippen LogP contribution in [0.1, 0.15) is 37.3 Å². The van der Waals surface area contributed by atoms with Gasteiger partial charge in [0.05, 0.1) is 18.0 Å². The number of rotatable bonds is 15. The Bertz CT molecular complexity index is 1500. The molecule has 0 unspecified atom stereocenters. The summed E-state index contributed by atoms with van der Waals surface area (Å²) in [7, 11) is -0.613. The number of hydrogen-bond donors (Lipinski definition) is 0. The molecule has 3 heterocycles. The van der Waals surface area contributed by atoms with E-state index in [2.05, 4.69) is 74.5 Å². The van der Waals surface area contributed by atoms with Crippen molar-refractivity contribution >= 4 is 27.6 Å². The number of hydrogen-bond acceptors (Lipinski definition) is 7. The maximum atomic E-state index is 6.34. The second kappa shape index (κ2) is 15.3. The predicted molar refractivity (Wildman–Crippen MR) is 194 cm³/mol. The quantitative estimate of drug-likeness (QED) is 0.0719. The molecule has 1 aliphatic carbocycles. The van der Waals surface area contributed by atoms with Gasteiger partial charge in [0.25, 0.3) is 0 Å². The molecule has 248 valence electrons. The highest BCUT2D eigenvalue weighted by molar-refractivity contribution is 6.76. The summed E-state index contributed by atoms with van der Waals surface area (Å²) in [6.45, 7) is 16.7. The van der Waals surface area contributed by atoms with Crippen LogP contribution < -0.4 is 4.90 Å². The SMILES string of the molecule is COC1CCC(c2cc(N(COCC[Si](C)(C)C)COCC[Si](C)(C)C)n3ncc(-c4ccc(-c5ccccc5)nc4)c3n2)CC1. The summed E-state index contributed by atoms with van der Waals surface area (Å²) in [6, 6.07) is 18.9. The van der Waals surface area contributed by atoms with E-state index in [9.17, 15) is 0 Å². The van der Waals surface area contributed by atoms with Crippen molar-refractivity contribution in [3.8, 4) is 22.4 Å². The minimum atomic E-state index is -1.22. The minimum Gasteiger partial charge on any atom is -0.381 e. The molecule has 46 heavy (non-hydrogen) atoms. The Labute approximate surface area is 277 Å². The monoisotopic (exact) mass is 659 g/mol. The first-order valence-corrected chi connectivity index (χ1v) is 24.3. The Morgan fingerprint density at radius 1 is 0.804 bits per heavy atom. The summed E-state index contributed by atoms with van der Waals surface area (Å²) in [6.07, 6.45) is 8.39. The number of fused-ring (bicyclic) bond motifs is 1. The number of aromatic nitrogens is 4. The fourth-order valence-electron chi connectivity index (χ4n) is 5.81. The first-order valence-electron chi connectivity index (χ1n) is 16.8. The van der Waals surface area contributed by atoms with E-state index in [1.807, 2.05) is 42.2 Å². The van der Waals surface area contributed by atoms with Crippen molar-refractivity contribution in [1.29, 1.82) is 0 Å². The van der Waals surface area contributed by atoms with Gasteiger partial charge in [0.2, 0.25) is 0 Å². The van der Waals surface area contributed by atoms with Crippen molar-refractivity contribution in [3.05, 3.63) is 66.6 Å². The van der Waals surface area contributed by atoms with Gasteiger partial charge in [-0.25, -0.2) is 4.98 Å². The second-order valence-electron chi connectivity index (χ2n) is 15.1. The third-order valence-corrected chi connectivity index (χ3v) is 12.3. The summed E-state index contributed by atoms with van der Waals surface area (Å²) < 4.78 is 20.3. The van der Waals surface area contributed by atoms with Crippen molar-refractivity contribution in [1.82, 2.24) is 19.6 Å². The molecule has 1 saturated carbocycles. The number of benzene rings is 1. The molecule has 3 aromatic heterocycles. The largest absolute Gasteiger partial charge is 0.381 e. The molecule has 1 fully saturated rings.